The summed E-state index contributed by atoms with van der Waals surface area (Å²) in [4.78, 5) is 46.6. The van der Waals surface area contributed by atoms with Crippen LogP contribution in [0.3, 0.4) is 0 Å². The summed E-state index contributed by atoms with van der Waals surface area (Å²) >= 11 is 0. The smallest absolute Gasteiger partial charge is 0.303 e. The predicted molar refractivity (Wildman–Crippen MR) is 107 cm³/mol. The van der Waals surface area contributed by atoms with Crippen molar-refractivity contribution in [2.45, 2.75) is 65.3 Å². The Morgan fingerprint density at radius 2 is 1.32 bits per heavy atom. The second kappa shape index (κ2) is 10.8. The highest BCUT2D eigenvalue weighted by atomic mass is 16.7. The SMILES string of the molecule is CC(=O)OCC1OC(Nc2ccc(C)cc2)C(OC(C)=O)C(OC(C)=O)C1OC(C)=O. The molecule has 1 N–H and O–H groups in total. The van der Waals surface area contributed by atoms with E-state index in [0.717, 1.165) is 5.56 Å². The first-order valence-electron chi connectivity index (χ1n) is 9.70. The molecule has 0 aliphatic carbocycles. The molecule has 0 spiro atoms. The lowest BCUT2D eigenvalue weighted by molar-refractivity contribution is -0.247. The van der Waals surface area contributed by atoms with Crippen LogP contribution in [0, 0.1) is 6.92 Å². The fraction of sp³-hybridized carbons (Fsp3) is 0.524. The second-order valence-electron chi connectivity index (χ2n) is 7.13. The van der Waals surface area contributed by atoms with Gasteiger partial charge in [0.15, 0.2) is 24.5 Å². The Morgan fingerprint density at radius 1 is 0.806 bits per heavy atom. The third kappa shape index (κ3) is 7.25. The van der Waals surface area contributed by atoms with Crippen LogP contribution in [0.4, 0.5) is 5.69 Å². The van der Waals surface area contributed by atoms with Crippen molar-refractivity contribution in [1.29, 1.82) is 0 Å². The lowest BCUT2D eigenvalue weighted by Gasteiger charge is -2.44. The first-order chi connectivity index (χ1) is 14.6. The Balaban J connectivity index is 2.43. The van der Waals surface area contributed by atoms with Gasteiger partial charge < -0.3 is 29.0 Å². The van der Waals surface area contributed by atoms with E-state index in [0.29, 0.717) is 5.69 Å². The number of nitrogens with one attached hydrogen (secondary N) is 1. The van der Waals surface area contributed by atoms with Gasteiger partial charge in [0.25, 0.3) is 0 Å². The highest BCUT2D eigenvalue weighted by Crippen LogP contribution is 2.30. The standard InChI is InChI=1S/C21H27NO9/c1-11-6-8-16(9-7-11)22-21-20(30-15(5)26)19(29-14(4)25)18(28-13(3)24)17(31-21)10-27-12(2)23/h6-9,17-22H,10H2,1-5H3. The van der Waals surface area contributed by atoms with Gasteiger partial charge in [-0.1, -0.05) is 17.7 Å². The summed E-state index contributed by atoms with van der Waals surface area (Å²) < 4.78 is 27.1. The van der Waals surface area contributed by atoms with Gasteiger partial charge in [-0.3, -0.25) is 19.2 Å². The summed E-state index contributed by atoms with van der Waals surface area (Å²) in [5, 5.41) is 3.09. The van der Waals surface area contributed by atoms with E-state index in [4.69, 9.17) is 23.7 Å². The molecule has 10 heteroatoms. The Kier molecular flexibility index (Phi) is 8.38. The van der Waals surface area contributed by atoms with Gasteiger partial charge >= 0.3 is 23.9 Å². The summed E-state index contributed by atoms with van der Waals surface area (Å²) in [5.74, 6) is -2.58. The van der Waals surface area contributed by atoms with E-state index < -0.39 is 54.5 Å². The molecule has 5 atom stereocenters. The molecular weight excluding hydrogens is 410 g/mol. The van der Waals surface area contributed by atoms with Crippen molar-refractivity contribution in [2.75, 3.05) is 11.9 Å². The van der Waals surface area contributed by atoms with Crippen molar-refractivity contribution < 1.29 is 42.9 Å². The minimum atomic E-state index is -1.21. The van der Waals surface area contributed by atoms with Crippen LogP contribution in [0.5, 0.6) is 0 Å². The molecule has 31 heavy (non-hydrogen) atoms. The number of hydrogen-bond donors (Lipinski definition) is 1. The third-order valence-electron chi connectivity index (χ3n) is 4.35. The van der Waals surface area contributed by atoms with Crippen LogP contribution >= 0.6 is 0 Å². The Labute approximate surface area is 180 Å². The van der Waals surface area contributed by atoms with Crippen LogP contribution in [0.1, 0.15) is 33.3 Å². The molecule has 5 unspecified atom stereocenters. The van der Waals surface area contributed by atoms with E-state index in [1.807, 2.05) is 19.1 Å². The molecule has 0 radical (unpaired) electrons. The maximum Gasteiger partial charge on any atom is 0.303 e. The quantitative estimate of drug-likeness (QED) is 0.495. The van der Waals surface area contributed by atoms with Gasteiger partial charge in [-0.2, -0.15) is 0 Å². The van der Waals surface area contributed by atoms with Crippen molar-refractivity contribution in [3.05, 3.63) is 29.8 Å². The second-order valence-corrected chi connectivity index (χ2v) is 7.13. The molecule has 0 saturated carbocycles. The van der Waals surface area contributed by atoms with E-state index in [1.54, 1.807) is 12.1 Å². The Hall–Kier alpha value is -3.14. The molecule has 10 nitrogen and oxygen atoms in total. The van der Waals surface area contributed by atoms with Gasteiger partial charge in [0, 0.05) is 33.4 Å². The molecule has 1 heterocycles. The lowest BCUT2D eigenvalue weighted by Crippen LogP contribution is -2.64. The zero-order valence-corrected chi connectivity index (χ0v) is 18.1. The van der Waals surface area contributed by atoms with Gasteiger partial charge in [-0.25, -0.2) is 0 Å². The number of carbonyl (C=O) groups is 4. The van der Waals surface area contributed by atoms with E-state index in [1.165, 1.54) is 27.7 Å². The molecule has 2 rings (SSSR count). The molecule has 0 aromatic heterocycles. The average Bonchev–Trinajstić information content (AvgIpc) is 2.65. The number of hydrogen-bond acceptors (Lipinski definition) is 10. The van der Waals surface area contributed by atoms with E-state index in [2.05, 4.69) is 5.32 Å². The number of esters is 4. The molecular formula is C21H27NO9. The topological polar surface area (TPSA) is 126 Å². The summed E-state index contributed by atoms with van der Waals surface area (Å²) in [7, 11) is 0. The largest absolute Gasteiger partial charge is 0.463 e. The third-order valence-corrected chi connectivity index (χ3v) is 4.35. The van der Waals surface area contributed by atoms with Crippen molar-refractivity contribution in [2.24, 2.45) is 0 Å². The van der Waals surface area contributed by atoms with Crippen LogP contribution in [0.25, 0.3) is 0 Å². The fourth-order valence-electron chi connectivity index (χ4n) is 3.16. The zero-order valence-electron chi connectivity index (χ0n) is 18.1. The molecule has 1 aromatic carbocycles. The van der Waals surface area contributed by atoms with Gasteiger partial charge in [-0.05, 0) is 19.1 Å². The van der Waals surface area contributed by atoms with Crippen LogP contribution in [-0.2, 0) is 42.9 Å². The van der Waals surface area contributed by atoms with Gasteiger partial charge in [-0.15, -0.1) is 0 Å². The normalized spacial score (nSPS) is 25.1. The Morgan fingerprint density at radius 3 is 1.84 bits per heavy atom. The maximum atomic E-state index is 11.8. The minimum Gasteiger partial charge on any atom is -0.463 e. The van der Waals surface area contributed by atoms with Gasteiger partial charge in [0.2, 0.25) is 0 Å². The molecule has 170 valence electrons. The predicted octanol–water partition coefficient (Wildman–Crippen LogP) is 1.49. The summed E-state index contributed by atoms with van der Waals surface area (Å²) in [6, 6.07) is 7.33. The number of carbonyl (C=O) groups excluding carboxylic acids is 4. The zero-order chi connectivity index (χ0) is 23.1. The summed E-state index contributed by atoms with van der Waals surface area (Å²) in [6.07, 6.45) is -5.53. The van der Waals surface area contributed by atoms with Crippen LogP contribution in [0.15, 0.2) is 24.3 Å². The first-order valence-corrected chi connectivity index (χ1v) is 9.70. The maximum absolute atomic E-state index is 11.8. The van der Waals surface area contributed by atoms with Crippen LogP contribution in [-0.4, -0.2) is 61.1 Å². The van der Waals surface area contributed by atoms with E-state index >= 15 is 0 Å². The minimum absolute atomic E-state index is 0.274. The number of rotatable bonds is 7. The number of aryl methyl sites for hydroxylation is 1. The van der Waals surface area contributed by atoms with E-state index in [-0.39, 0.29) is 6.61 Å². The van der Waals surface area contributed by atoms with Crippen LogP contribution in [0.2, 0.25) is 0 Å². The molecule has 0 amide bonds. The monoisotopic (exact) mass is 437 g/mol. The average molecular weight is 437 g/mol. The van der Waals surface area contributed by atoms with E-state index in [9.17, 15) is 19.2 Å². The summed E-state index contributed by atoms with van der Waals surface area (Å²) in [5.41, 5.74) is 1.68. The number of anilines is 1. The highest BCUT2D eigenvalue weighted by molar-refractivity contribution is 5.69. The lowest BCUT2D eigenvalue weighted by atomic mass is 9.97. The van der Waals surface area contributed by atoms with Crippen molar-refractivity contribution >= 4 is 29.6 Å². The Bertz CT molecular complexity index is 808. The van der Waals surface area contributed by atoms with Crippen molar-refractivity contribution in [1.82, 2.24) is 0 Å². The van der Waals surface area contributed by atoms with Gasteiger partial charge in [0.05, 0.1) is 0 Å². The fourth-order valence-corrected chi connectivity index (χ4v) is 3.16. The first kappa shape index (κ1) is 24.1. The molecule has 0 bridgehead atoms. The van der Waals surface area contributed by atoms with Crippen molar-refractivity contribution in [3.8, 4) is 0 Å². The molecule has 1 aliphatic rings. The van der Waals surface area contributed by atoms with Crippen LogP contribution < -0.4 is 5.32 Å². The summed E-state index contributed by atoms with van der Waals surface area (Å²) in [6.45, 7) is 6.41. The van der Waals surface area contributed by atoms with Crippen molar-refractivity contribution in [3.63, 3.8) is 0 Å². The highest BCUT2D eigenvalue weighted by Gasteiger charge is 2.52. The molecule has 1 fully saturated rings. The molecule has 1 aromatic rings. The molecule has 1 aliphatic heterocycles. The number of ether oxygens (including phenoxy) is 5. The molecule has 1 saturated heterocycles. The van der Waals surface area contributed by atoms with Gasteiger partial charge in [0.1, 0.15) is 12.7 Å². The number of benzene rings is 1.